The van der Waals surface area contributed by atoms with Crippen molar-refractivity contribution in [1.82, 2.24) is 5.32 Å². The number of nitrogen functional groups attached to an aromatic ring is 1. The molecular weight excluding hydrogens is 272 g/mol. The lowest BCUT2D eigenvalue weighted by Gasteiger charge is -2.16. The smallest absolute Gasteiger partial charge is 0.270 e. The standard InChI is InChI=1S/C14H20N4O3/c1-2-5-14(6-7-14)9-16-13(19)11-8-10(18(20)21)3-4-12(11)17-15/h3-4,8,17H,2,5-7,9,15H2,1H3,(H,16,19). The van der Waals surface area contributed by atoms with Gasteiger partial charge in [-0.05, 0) is 30.7 Å². The number of hydrogen-bond donors (Lipinski definition) is 3. The Kier molecular flexibility index (Phi) is 4.42. The third-order valence-electron chi connectivity index (χ3n) is 3.98. The van der Waals surface area contributed by atoms with Crippen molar-refractivity contribution in [2.24, 2.45) is 11.3 Å². The first-order valence-electron chi connectivity index (χ1n) is 7.04. The molecule has 1 aliphatic rings. The van der Waals surface area contributed by atoms with Gasteiger partial charge in [-0.2, -0.15) is 0 Å². The molecule has 1 aliphatic carbocycles. The first-order valence-corrected chi connectivity index (χ1v) is 7.04. The highest BCUT2D eigenvalue weighted by Gasteiger charge is 2.41. The monoisotopic (exact) mass is 292 g/mol. The highest BCUT2D eigenvalue weighted by Crippen LogP contribution is 2.48. The summed E-state index contributed by atoms with van der Waals surface area (Å²) in [5.41, 5.74) is 3.06. The minimum atomic E-state index is -0.531. The summed E-state index contributed by atoms with van der Waals surface area (Å²) in [7, 11) is 0. The van der Waals surface area contributed by atoms with Crippen molar-refractivity contribution >= 4 is 17.3 Å². The Bertz CT molecular complexity index is 555. The fraction of sp³-hybridized carbons (Fsp3) is 0.500. The Balaban J connectivity index is 2.10. The van der Waals surface area contributed by atoms with E-state index in [1.807, 2.05) is 0 Å². The van der Waals surface area contributed by atoms with Crippen LogP contribution < -0.4 is 16.6 Å². The van der Waals surface area contributed by atoms with Gasteiger partial charge in [0.15, 0.2) is 0 Å². The first-order chi connectivity index (χ1) is 10.0. The molecule has 0 aromatic heterocycles. The molecule has 7 heteroatoms. The van der Waals surface area contributed by atoms with E-state index in [1.165, 1.54) is 18.2 Å². The van der Waals surface area contributed by atoms with Crippen molar-refractivity contribution < 1.29 is 9.72 Å². The largest absolute Gasteiger partial charge is 0.351 e. The Hall–Kier alpha value is -2.15. The topological polar surface area (TPSA) is 110 Å². The maximum atomic E-state index is 12.2. The molecule has 1 saturated carbocycles. The molecule has 114 valence electrons. The molecule has 0 unspecified atom stereocenters. The zero-order chi connectivity index (χ0) is 15.5. The van der Waals surface area contributed by atoms with Gasteiger partial charge in [0.25, 0.3) is 11.6 Å². The minimum absolute atomic E-state index is 0.131. The third kappa shape index (κ3) is 3.49. The van der Waals surface area contributed by atoms with Crippen LogP contribution in [0.15, 0.2) is 18.2 Å². The number of rotatable bonds is 7. The zero-order valence-electron chi connectivity index (χ0n) is 12.0. The molecule has 1 aromatic carbocycles. The molecule has 0 aliphatic heterocycles. The maximum absolute atomic E-state index is 12.2. The van der Waals surface area contributed by atoms with Gasteiger partial charge in [-0.25, -0.2) is 0 Å². The van der Waals surface area contributed by atoms with Gasteiger partial charge in [0, 0.05) is 18.7 Å². The number of anilines is 1. The van der Waals surface area contributed by atoms with Crippen molar-refractivity contribution in [3.63, 3.8) is 0 Å². The van der Waals surface area contributed by atoms with E-state index in [-0.39, 0.29) is 22.6 Å². The van der Waals surface area contributed by atoms with E-state index in [2.05, 4.69) is 17.7 Å². The fourth-order valence-electron chi connectivity index (χ4n) is 2.54. The van der Waals surface area contributed by atoms with E-state index in [0.717, 1.165) is 25.7 Å². The van der Waals surface area contributed by atoms with Gasteiger partial charge in [0.05, 0.1) is 16.2 Å². The van der Waals surface area contributed by atoms with Crippen LogP contribution in [0.25, 0.3) is 0 Å². The number of nitrogens with zero attached hydrogens (tertiary/aromatic N) is 1. The molecule has 21 heavy (non-hydrogen) atoms. The number of non-ortho nitro benzene ring substituents is 1. The highest BCUT2D eigenvalue weighted by atomic mass is 16.6. The van der Waals surface area contributed by atoms with Crippen molar-refractivity contribution in [3.8, 4) is 0 Å². The number of nitrogens with two attached hydrogens (primary N) is 1. The summed E-state index contributed by atoms with van der Waals surface area (Å²) in [4.78, 5) is 22.5. The van der Waals surface area contributed by atoms with E-state index in [9.17, 15) is 14.9 Å². The van der Waals surface area contributed by atoms with Crippen molar-refractivity contribution in [3.05, 3.63) is 33.9 Å². The predicted molar refractivity (Wildman–Crippen MR) is 79.8 cm³/mol. The number of nitro groups is 1. The number of carbonyl (C=O) groups excluding carboxylic acids is 1. The zero-order valence-corrected chi connectivity index (χ0v) is 12.0. The molecule has 4 N–H and O–H groups in total. The van der Waals surface area contributed by atoms with Crippen molar-refractivity contribution in [2.45, 2.75) is 32.6 Å². The van der Waals surface area contributed by atoms with Crippen LogP contribution in [-0.2, 0) is 0 Å². The average molecular weight is 292 g/mol. The van der Waals surface area contributed by atoms with Crippen LogP contribution in [-0.4, -0.2) is 17.4 Å². The predicted octanol–water partition coefficient (Wildman–Crippen LogP) is 2.19. The molecule has 1 fully saturated rings. The molecule has 2 rings (SSSR count). The summed E-state index contributed by atoms with van der Waals surface area (Å²) in [5, 5.41) is 13.7. The Labute approximate surface area is 123 Å². The van der Waals surface area contributed by atoms with Gasteiger partial charge in [0.2, 0.25) is 0 Å². The normalized spacial score (nSPS) is 15.3. The quantitative estimate of drug-likeness (QED) is 0.405. The van der Waals surface area contributed by atoms with Crippen molar-refractivity contribution in [1.29, 1.82) is 0 Å². The lowest BCUT2D eigenvalue weighted by molar-refractivity contribution is -0.384. The number of benzene rings is 1. The van der Waals surface area contributed by atoms with E-state index >= 15 is 0 Å². The van der Waals surface area contributed by atoms with Gasteiger partial charge in [-0.1, -0.05) is 13.3 Å². The molecular formula is C14H20N4O3. The van der Waals surface area contributed by atoms with Crippen molar-refractivity contribution in [2.75, 3.05) is 12.0 Å². The summed E-state index contributed by atoms with van der Waals surface area (Å²) in [6, 6.07) is 3.99. The van der Waals surface area contributed by atoms with E-state index in [0.29, 0.717) is 12.2 Å². The summed E-state index contributed by atoms with van der Waals surface area (Å²) in [5.74, 6) is 5.02. The minimum Gasteiger partial charge on any atom is -0.351 e. The summed E-state index contributed by atoms with van der Waals surface area (Å²) < 4.78 is 0. The van der Waals surface area contributed by atoms with Crippen LogP contribution in [0.2, 0.25) is 0 Å². The molecule has 0 atom stereocenters. The molecule has 0 radical (unpaired) electrons. The molecule has 0 spiro atoms. The van der Waals surface area contributed by atoms with Gasteiger partial charge in [-0.3, -0.25) is 20.8 Å². The van der Waals surface area contributed by atoms with Gasteiger partial charge in [-0.15, -0.1) is 0 Å². The maximum Gasteiger partial charge on any atom is 0.270 e. The summed E-state index contributed by atoms with van der Waals surface area (Å²) in [6.07, 6.45) is 4.42. The van der Waals surface area contributed by atoms with Gasteiger partial charge in [0.1, 0.15) is 0 Å². The highest BCUT2D eigenvalue weighted by molar-refractivity contribution is 6.00. The van der Waals surface area contributed by atoms with E-state index < -0.39 is 4.92 Å². The Morgan fingerprint density at radius 3 is 2.71 bits per heavy atom. The molecule has 1 amide bonds. The Morgan fingerprint density at radius 2 is 2.19 bits per heavy atom. The lowest BCUT2D eigenvalue weighted by atomic mass is 10.0. The average Bonchev–Trinajstić information content (AvgIpc) is 3.24. The van der Waals surface area contributed by atoms with E-state index in [1.54, 1.807) is 0 Å². The van der Waals surface area contributed by atoms with Crippen LogP contribution in [0.4, 0.5) is 11.4 Å². The van der Waals surface area contributed by atoms with Crippen LogP contribution in [0.3, 0.4) is 0 Å². The summed E-state index contributed by atoms with van der Waals surface area (Å²) in [6.45, 7) is 2.73. The number of amides is 1. The second-order valence-corrected chi connectivity index (χ2v) is 5.56. The summed E-state index contributed by atoms with van der Waals surface area (Å²) >= 11 is 0. The molecule has 7 nitrogen and oxygen atoms in total. The third-order valence-corrected chi connectivity index (χ3v) is 3.98. The molecule has 0 bridgehead atoms. The SMILES string of the molecule is CCCC1(CNC(=O)c2cc([N+](=O)[O-])ccc2NN)CC1. The lowest BCUT2D eigenvalue weighted by Crippen LogP contribution is -2.31. The fourth-order valence-corrected chi connectivity index (χ4v) is 2.54. The van der Waals surface area contributed by atoms with Crippen LogP contribution in [0.5, 0.6) is 0 Å². The molecule has 0 heterocycles. The van der Waals surface area contributed by atoms with Crippen LogP contribution in [0.1, 0.15) is 43.0 Å². The second kappa shape index (κ2) is 6.09. The Morgan fingerprint density at radius 1 is 1.48 bits per heavy atom. The number of nitrogens with one attached hydrogen (secondary N) is 2. The van der Waals surface area contributed by atoms with Gasteiger partial charge >= 0.3 is 0 Å². The van der Waals surface area contributed by atoms with E-state index in [4.69, 9.17) is 5.84 Å². The number of hydrazine groups is 1. The number of nitro benzene ring substituents is 1. The number of carbonyl (C=O) groups is 1. The van der Waals surface area contributed by atoms with Gasteiger partial charge < -0.3 is 10.7 Å². The first kappa shape index (κ1) is 15.2. The second-order valence-electron chi connectivity index (χ2n) is 5.56. The molecule has 1 aromatic rings. The van der Waals surface area contributed by atoms with Crippen LogP contribution in [0, 0.1) is 15.5 Å². The number of hydrogen-bond acceptors (Lipinski definition) is 5. The van der Waals surface area contributed by atoms with Crippen LogP contribution >= 0.6 is 0 Å². The molecule has 0 saturated heterocycles.